The molecule has 1 unspecified atom stereocenters. The van der Waals surface area contributed by atoms with E-state index in [4.69, 9.17) is 5.73 Å². The number of nitrogens with one attached hydrogen (secondary N) is 1. The Morgan fingerprint density at radius 3 is 2.94 bits per heavy atom. The number of benzene rings is 1. The maximum atomic E-state index is 12.0. The van der Waals surface area contributed by atoms with Crippen molar-refractivity contribution in [3.05, 3.63) is 28.2 Å². The molecular formula is C12H17BrN2OS. The topological polar surface area (TPSA) is 55.1 Å². The van der Waals surface area contributed by atoms with Gasteiger partial charge in [0.1, 0.15) is 0 Å². The van der Waals surface area contributed by atoms with Crippen LogP contribution in [0.2, 0.25) is 0 Å². The van der Waals surface area contributed by atoms with Gasteiger partial charge in [0.2, 0.25) is 0 Å². The van der Waals surface area contributed by atoms with Crippen molar-refractivity contribution in [3.63, 3.8) is 0 Å². The molecule has 1 aromatic carbocycles. The maximum absolute atomic E-state index is 12.0. The lowest BCUT2D eigenvalue weighted by molar-refractivity contribution is 0.0944. The highest BCUT2D eigenvalue weighted by Crippen LogP contribution is 2.18. The van der Waals surface area contributed by atoms with Gasteiger partial charge in [-0.15, -0.1) is 0 Å². The van der Waals surface area contributed by atoms with Gasteiger partial charge in [0.25, 0.3) is 5.91 Å². The molecule has 0 heterocycles. The first kappa shape index (κ1) is 14.4. The Bertz CT molecular complexity index is 398. The van der Waals surface area contributed by atoms with Crippen molar-refractivity contribution in [1.82, 2.24) is 5.32 Å². The summed E-state index contributed by atoms with van der Waals surface area (Å²) in [5.74, 6) is 1.85. The number of amides is 1. The van der Waals surface area contributed by atoms with Gasteiger partial charge in [-0.3, -0.25) is 4.79 Å². The molecule has 0 spiro atoms. The van der Waals surface area contributed by atoms with Crippen molar-refractivity contribution < 1.29 is 4.79 Å². The van der Waals surface area contributed by atoms with Crippen molar-refractivity contribution in [2.45, 2.75) is 19.9 Å². The fraction of sp³-hybridized carbons (Fsp3) is 0.417. The third-order valence-electron chi connectivity index (χ3n) is 2.21. The highest BCUT2D eigenvalue weighted by Gasteiger charge is 2.12. The average molecular weight is 317 g/mol. The van der Waals surface area contributed by atoms with Gasteiger partial charge in [0.15, 0.2) is 0 Å². The van der Waals surface area contributed by atoms with Crippen LogP contribution < -0.4 is 11.1 Å². The van der Waals surface area contributed by atoms with Crippen LogP contribution in [0.1, 0.15) is 24.2 Å². The molecule has 0 aliphatic heterocycles. The minimum absolute atomic E-state index is 0.118. The zero-order valence-electron chi connectivity index (χ0n) is 10.00. The van der Waals surface area contributed by atoms with Gasteiger partial charge in [-0.05, 0) is 30.9 Å². The molecule has 0 saturated heterocycles. The van der Waals surface area contributed by atoms with E-state index < -0.39 is 0 Å². The van der Waals surface area contributed by atoms with Crippen molar-refractivity contribution in [2.75, 3.05) is 17.2 Å². The van der Waals surface area contributed by atoms with E-state index in [0.717, 1.165) is 16.0 Å². The van der Waals surface area contributed by atoms with Gasteiger partial charge in [-0.25, -0.2) is 0 Å². The summed E-state index contributed by atoms with van der Waals surface area (Å²) in [6.07, 6.45) is 0. The van der Waals surface area contributed by atoms with Gasteiger partial charge in [-0.2, -0.15) is 11.8 Å². The van der Waals surface area contributed by atoms with Crippen LogP contribution in [0.25, 0.3) is 0 Å². The Labute approximate surface area is 115 Å². The minimum atomic E-state index is -0.118. The number of thioether (sulfide) groups is 1. The normalized spacial score (nSPS) is 12.2. The summed E-state index contributed by atoms with van der Waals surface area (Å²) in [7, 11) is 0. The molecule has 17 heavy (non-hydrogen) atoms. The second-order valence-corrected chi connectivity index (χ2v) is 6.00. The van der Waals surface area contributed by atoms with Crippen LogP contribution in [-0.4, -0.2) is 23.5 Å². The third kappa shape index (κ3) is 4.60. The highest BCUT2D eigenvalue weighted by molar-refractivity contribution is 9.10. The van der Waals surface area contributed by atoms with Crippen LogP contribution >= 0.6 is 27.7 Å². The number of carbonyl (C=O) groups is 1. The second kappa shape index (κ2) is 6.91. The number of carbonyl (C=O) groups excluding carboxylic acids is 1. The Kier molecular flexibility index (Phi) is 5.85. The molecule has 0 radical (unpaired) electrons. The summed E-state index contributed by atoms with van der Waals surface area (Å²) in [6.45, 7) is 4.10. The monoisotopic (exact) mass is 316 g/mol. The number of halogens is 1. The lowest BCUT2D eigenvalue weighted by Gasteiger charge is -2.14. The van der Waals surface area contributed by atoms with Gasteiger partial charge in [-0.1, -0.05) is 22.9 Å². The average Bonchev–Trinajstić information content (AvgIpc) is 2.29. The number of anilines is 1. The van der Waals surface area contributed by atoms with E-state index in [1.807, 2.05) is 13.0 Å². The molecule has 0 bridgehead atoms. The molecule has 0 aliphatic rings. The smallest absolute Gasteiger partial charge is 0.253 e. The van der Waals surface area contributed by atoms with Crippen LogP contribution in [0.4, 0.5) is 5.69 Å². The summed E-state index contributed by atoms with van der Waals surface area (Å²) in [5.41, 5.74) is 6.80. The minimum Gasteiger partial charge on any atom is -0.398 e. The maximum Gasteiger partial charge on any atom is 0.253 e. The van der Waals surface area contributed by atoms with Gasteiger partial charge in [0, 0.05) is 22.0 Å². The van der Waals surface area contributed by atoms with Gasteiger partial charge >= 0.3 is 0 Å². The zero-order valence-corrected chi connectivity index (χ0v) is 12.4. The quantitative estimate of drug-likeness (QED) is 0.821. The SMILES string of the molecule is CCSCC(C)NC(=O)c1cc(Br)ccc1N. The Balaban J connectivity index is 2.66. The van der Waals surface area contributed by atoms with Gasteiger partial charge < -0.3 is 11.1 Å². The van der Waals surface area contributed by atoms with Gasteiger partial charge in [0.05, 0.1) is 5.56 Å². The first-order valence-electron chi connectivity index (χ1n) is 5.48. The third-order valence-corrected chi connectivity index (χ3v) is 3.85. The first-order valence-corrected chi connectivity index (χ1v) is 7.43. The summed E-state index contributed by atoms with van der Waals surface area (Å²) in [4.78, 5) is 12.0. The Hall–Kier alpha value is -0.680. The van der Waals surface area contributed by atoms with Crippen molar-refractivity contribution >= 4 is 39.3 Å². The molecule has 0 saturated carbocycles. The number of hydrogen-bond acceptors (Lipinski definition) is 3. The van der Waals surface area contributed by atoms with Crippen LogP contribution in [-0.2, 0) is 0 Å². The molecule has 1 amide bonds. The summed E-state index contributed by atoms with van der Waals surface area (Å²) in [6, 6.07) is 5.43. The van der Waals surface area contributed by atoms with E-state index in [-0.39, 0.29) is 11.9 Å². The van der Waals surface area contributed by atoms with Crippen molar-refractivity contribution in [1.29, 1.82) is 0 Å². The van der Waals surface area contributed by atoms with E-state index in [9.17, 15) is 4.79 Å². The van der Waals surface area contributed by atoms with Crippen LogP contribution in [0.15, 0.2) is 22.7 Å². The number of nitrogen functional groups attached to an aromatic ring is 1. The molecule has 1 atom stereocenters. The van der Waals surface area contributed by atoms with E-state index >= 15 is 0 Å². The highest BCUT2D eigenvalue weighted by atomic mass is 79.9. The lowest BCUT2D eigenvalue weighted by Crippen LogP contribution is -2.34. The van der Waals surface area contributed by atoms with E-state index in [1.165, 1.54) is 0 Å². The number of hydrogen-bond donors (Lipinski definition) is 2. The molecule has 1 aromatic rings. The Morgan fingerprint density at radius 1 is 1.59 bits per heavy atom. The van der Waals surface area contributed by atoms with Crippen molar-refractivity contribution in [2.24, 2.45) is 0 Å². The summed E-state index contributed by atoms with van der Waals surface area (Å²) in [5, 5.41) is 2.94. The molecule has 0 aliphatic carbocycles. The van der Waals surface area contributed by atoms with Crippen molar-refractivity contribution in [3.8, 4) is 0 Å². The molecule has 3 N–H and O–H groups in total. The molecule has 94 valence electrons. The molecule has 0 aromatic heterocycles. The Morgan fingerprint density at radius 2 is 2.29 bits per heavy atom. The molecular weight excluding hydrogens is 300 g/mol. The van der Waals surface area contributed by atoms with Crippen LogP contribution in [0, 0.1) is 0 Å². The number of rotatable bonds is 5. The summed E-state index contributed by atoms with van der Waals surface area (Å²) >= 11 is 5.14. The predicted octanol–water partition coefficient (Wildman–Crippen LogP) is 2.90. The van der Waals surface area contributed by atoms with E-state index in [1.54, 1.807) is 23.9 Å². The molecule has 5 heteroatoms. The second-order valence-electron chi connectivity index (χ2n) is 3.77. The number of nitrogens with two attached hydrogens (primary N) is 1. The zero-order chi connectivity index (χ0) is 12.8. The fourth-order valence-corrected chi connectivity index (χ4v) is 2.40. The standard InChI is InChI=1S/C12H17BrN2OS/c1-3-17-7-8(2)15-12(16)10-6-9(13)4-5-11(10)14/h4-6,8H,3,7,14H2,1-2H3,(H,15,16). The predicted molar refractivity (Wildman–Crippen MR) is 78.5 cm³/mol. The molecule has 3 nitrogen and oxygen atoms in total. The fourth-order valence-electron chi connectivity index (χ4n) is 1.36. The van der Waals surface area contributed by atoms with Crippen LogP contribution in [0.5, 0.6) is 0 Å². The van der Waals surface area contributed by atoms with E-state index in [2.05, 4.69) is 28.2 Å². The van der Waals surface area contributed by atoms with Crippen LogP contribution in [0.3, 0.4) is 0 Å². The molecule has 0 fully saturated rings. The summed E-state index contributed by atoms with van der Waals surface area (Å²) < 4.78 is 0.854. The largest absolute Gasteiger partial charge is 0.398 e. The first-order chi connectivity index (χ1) is 8.04. The molecule has 1 rings (SSSR count). The lowest BCUT2D eigenvalue weighted by atomic mass is 10.1. The van der Waals surface area contributed by atoms with E-state index in [0.29, 0.717) is 11.3 Å².